The first-order valence-corrected chi connectivity index (χ1v) is 22.3. The fraction of sp³-hybridized carbons (Fsp3) is 0. The minimum Gasteiger partial charge on any atom is -0.455 e. The Morgan fingerprint density at radius 1 is 0.254 bits per heavy atom. The molecule has 6 nitrogen and oxygen atoms in total. The van der Waals surface area contributed by atoms with Gasteiger partial charge < -0.3 is 4.42 Å². The minimum absolute atomic E-state index is 0.612. The summed E-state index contributed by atoms with van der Waals surface area (Å²) in [5.41, 5.74) is 17.5. The number of aromatic nitrogens is 5. The highest BCUT2D eigenvalue weighted by atomic mass is 16.3. The molecule has 8 aromatic carbocycles. The molecule has 0 saturated carbocycles. The van der Waals surface area contributed by atoms with Crippen LogP contribution in [0.2, 0.25) is 0 Å². The molecular weight excluding hydrogens is 819 g/mol. The first-order chi connectivity index (χ1) is 33.2. The van der Waals surface area contributed by atoms with Crippen LogP contribution in [-0.4, -0.2) is 24.9 Å². The van der Waals surface area contributed by atoms with Crippen LogP contribution in [0, 0.1) is 0 Å². The number of hydrogen-bond acceptors (Lipinski definition) is 6. The highest BCUT2D eigenvalue weighted by Gasteiger charge is 2.18. The number of rotatable bonds is 9. The van der Waals surface area contributed by atoms with Crippen molar-refractivity contribution in [2.24, 2.45) is 0 Å². The number of hydrogen-bond donors (Lipinski definition) is 0. The maximum absolute atomic E-state index is 7.04. The summed E-state index contributed by atoms with van der Waals surface area (Å²) in [4.78, 5) is 23.5. The number of pyridine rings is 2. The van der Waals surface area contributed by atoms with Gasteiger partial charge in [-0.05, 0) is 86.0 Å². The third-order valence-electron chi connectivity index (χ3n) is 12.3. The van der Waals surface area contributed by atoms with Crippen LogP contribution in [0.25, 0.3) is 123 Å². The Hall–Kier alpha value is -9.13. The summed E-state index contributed by atoms with van der Waals surface area (Å²) < 4.78 is 7.04. The molecule has 0 radical (unpaired) electrons. The van der Waals surface area contributed by atoms with Crippen molar-refractivity contribution in [3.8, 4) is 101 Å². The van der Waals surface area contributed by atoms with Gasteiger partial charge in [0.05, 0.1) is 0 Å². The SMILES string of the molecule is c1ccc(-c2nc(-c3ccccc3)nc(-c3ccc(-c4cccc5c4oc4c(-c6cc(-c7ccc(-c8cccnc8)cc7)cc(-c7ccc(-c8cccnc8)cc7)c6)cccc45)cc3)n2)cc1. The summed E-state index contributed by atoms with van der Waals surface area (Å²) in [7, 11) is 0. The molecule has 0 amide bonds. The van der Waals surface area contributed by atoms with Crippen molar-refractivity contribution in [3.63, 3.8) is 0 Å². The van der Waals surface area contributed by atoms with Crippen molar-refractivity contribution in [2.45, 2.75) is 0 Å². The van der Waals surface area contributed by atoms with Gasteiger partial charge in [-0.3, -0.25) is 9.97 Å². The van der Waals surface area contributed by atoms with Crippen molar-refractivity contribution >= 4 is 21.9 Å². The van der Waals surface area contributed by atoms with E-state index in [1.807, 2.05) is 85.2 Å². The first kappa shape index (κ1) is 39.5. The molecule has 0 saturated heterocycles. The molecule has 12 aromatic rings. The molecule has 0 spiro atoms. The van der Waals surface area contributed by atoms with Gasteiger partial charge in [0.2, 0.25) is 0 Å². The molecule has 314 valence electrons. The average Bonchev–Trinajstić information content (AvgIpc) is 3.81. The van der Waals surface area contributed by atoms with Gasteiger partial charge in [0.25, 0.3) is 0 Å². The largest absolute Gasteiger partial charge is 0.455 e. The van der Waals surface area contributed by atoms with Crippen LogP contribution in [0.4, 0.5) is 0 Å². The Bertz CT molecular complexity index is 3530. The molecule has 0 fully saturated rings. The lowest BCUT2D eigenvalue weighted by Crippen LogP contribution is -2.00. The second-order valence-corrected chi connectivity index (χ2v) is 16.5. The van der Waals surface area contributed by atoms with E-state index >= 15 is 0 Å². The molecule has 0 bridgehead atoms. The van der Waals surface area contributed by atoms with Crippen LogP contribution in [0.1, 0.15) is 0 Å². The Labute approximate surface area is 387 Å². The zero-order valence-electron chi connectivity index (χ0n) is 36.2. The molecule has 0 aliphatic heterocycles. The van der Waals surface area contributed by atoms with Crippen molar-refractivity contribution in [2.75, 3.05) is 0 Å². The Balaban J connectivity index is 0.943. The Kier molecular flexibility index (Phi) is 10.1. The fourth-order valence-corrected chi connectivity index (χ4v) is 8.91. The van der Waals surface area contributed by atoms with Crippen molar-refractivity contribution in [1.82, 2.24) is 24.9 Å². The van der Waals surface area contributed by atoms with Crippen molar-refractivity contribution in [1.29, 1.82) is 0 Å². The summed E-state index contributed by atoms with van der Waals surface area (Å²) in [6.07, 6.45) is 7.41. The number of fused-ring (bicyclic) bond motifs is 3. The summed E-state index contributed by atoms with van der Waals surface area (Å²) in [6.45, 7) is 0. The van der Waals surface area contributed by atoms with Crippen molar-refractivity contribution < 1.29 is 4.42 Å². The third-order valence-corrected chi connectivity index (χ3v) is 12.3. The van der Waals surface area contributed by atoms with Crippen LogP contribution < -0.4 is 0 Å². The average molecular weight is 858 g/mol. The molecule has 0 unspecified atom stereocenters. The Morgan fingerprint density at radius 3 is 1.04 bits per heavy atom. The molecule has 0 N–H and O–H groups in total. The topological polar surface area (TPSA) is 77.6 Å². The van der Waals surface area contributed by atoms with E-state index in [9.17, 15) is 0 Å². The molecule has 0 aliphatic carbocycles. The smallest absolute Gasteiger partial charge is 0.164 e. The van der Waals surface area contributed by atoms with E-state index in [0.717, 1.165) is 105 Å². The fourth-order valence-electron chi connectivity index (χ4n) is 8.91. The van der Waals surface area contributed by atoms with E-state index in [2.05, 4.69) is 149 Å². The van der Waals surface area contributed by atoms with Crippen LogP contribution in [0.3, 0.4) is 0 Å². The van der Waals surface area contributed by atoms with Gasteiger partial charge in [0.1, 0.15) is 11.2 Å². The summed E-state index contributed by atoms with van der Waals surface area (Å²) >= 11 is 0. The highest BCUT2D eigenvalue weighted by Crippen LogP contribution is 2.42. The van der Waals surface area contributed by atoms with Crippen molar-refractivity contribution in [3.05, 3.63) is 237 Å². The molecule has 0 atom stereocenters. The summed E-state index contributed by atoms with van der Waals surface area (Å²) in [5.74, 6) is 1.87. The van der Waals surface area contributed by atoms with Crippen LogP contribution >= 0.6 is 0 Å². The Morgan fingerprint density at radius 2 is 0.612 bits per heavy atom. The molecule has 12 rings (SSSR count). The highest BCUT2D eigenvalue weighted by molar-refractivity contribution is 6.13. The molecular formula is C61H39N5O. The van der Waals surface area contributed by atoms with Gasteiger partial charge in [-0.15, -0.1) is 0 Å². The normalized spacial score (nSPS) is 11.3. The lowest BCUT2D eigenvalue weighted by Gasteiger charge is -2.13. The maximum atomic E-state index is 7.04. The van der Waals surface area contributed by atoms with Crippen LogP contribution in [-0.2, 0) is 0 Å². The number of benzene rings is 8. The quantitative estimate of drug-likeness (QED) is 0.144. The minimum atomic E-state index is 0.612. The molecule has 0 aliphatic rings. The van der Waals surface area contributed by atoms with E-state index in [0.29, 0.717) is 17.5 Å². The second kappa shape index (κ2) is 17.1. The monoisotopic (exact) mass is 857 g/mol. The lowest BCUT2D eigenvalue weighted by atomic mass is 9.91. The standard InChI is InChI=1S/C61H39N5O/c1-3-11-45(12-4-1)59-64-60(46-13-5-2-6-14-46)66-61(65-59)47-31-29-44(30-32-47)53-17-7-19-55-56-20-8-18-54(58(56)67-57(53)55)52-36-50(42-25-21-40(22-26-42)48-15-9-33-62-38-48)35-51(37-52)43-27-23-41(24-28-43)49-16-10-34-63-39-49/h1-39H. The zero-order valence-corrected chi connectivity index (χ0v) is 36.2. The number of nitrogens with zero attached hydrogens (tertiary/aromatic N) is 5. The molecule has 67 heavy (non-hydrogen) atoms. The third kappa shape index (κ3) is 7.73. The second-order valence-electron chi connectivity index (χ2n) is 16.5. The first-order valence-electron chi connectivity index (χ1n) is 22.3. The van der Waals surface area contributed by atoms with Gasteiger partial charge in [-0.2, -0.15) is 0 Å². The van der Waals surface area contributed by atoms with Crippen LogP contribution in [0.5, 0.6) is 0 Å². The van der Waals surface area contributed by atoms with E-state index in [1.165, 1.54) is 0 Å². The van der Waals surface area contributed by atoms with E-state index in [1.54, 1.807) is 12.4 Å². The predicted molar refractivity (Wildman–Crippen MR) is 272 cm³/mol. The van der Waals surface area contributed by atoms with E-state index < -0.39 is 0 Å². The molecule has 4 heterocycles. The zero-order chi connectivity index (χ0) is 44.5. The van der Waals surface area contributed by atoms with E-state index in [-0.39, 0.29) is 0 Å². The lowest BCUT2D eigenvalue weighted by molar-refractivity contribution is 0.671. The number of para-hydroxylation sites is 2. The molecule has 4 aromatic heterocycles. The van der Waals surface area contributed by atoms with Crippen LogP contribution in [0.15, 0.2) is 242 Å². The predicted octanol–water partition coefficient (Wildman–Crippen LogP) is 15.6. The maximum Gasteiger partial charge on any atom is 0.164 e. The van der Waals surface area contributed by atoms with Gasteiger partial charge in [-0.25, -0.2) is 15.0 Å². The van der Waals surface area contributed by atoms with Gasteiger partial charge >= 0.3 is 0 Å². The molecule has 6 heteroatoms. The summed E-state index contributed by atoms with van der Waals surface area (Å²) in [6, 6.07) is 73.8. The van der Waals surface area contributed by atoms with Gasteiger partial charge in [0, 0.05) is 63.4 Å². The summed E-state index contributed by atoms with van der Waals surface area (Å²) in [5, 5.41) is 2.12. The van der Waals surface area contributed by atoms with Gasteiger partial charge in [-0.1, -0.05) is 182 Å². The van der Waals surface area contributed by atoms with Gasteiger partial charge in [0.15, 0.2) is 17.5 Å². The number of furan rings is 1. The van der Waals surface area contributed by atoms with E-state index in [4.69, 9.17) is 19.4 Å².